The van der Waals surface area contributed by atoms with Crippen LogP contribution >= 0.6 is 0 Å². The Balaban J connectivity index is 2.73. The van der Waals surface area contributed by atoms with Gasteiger partial charge in [-0.05, 0) is 18.6 Å². The van der Waals surface area contributed by atoms with Crippen molar-refractivity contribution in [3.05, 3.63) is 29.5 Å². The second-order valence-corrected chi connectivity index (χ2v) is 3.78. The summed E-state index contributed by atoms with van der Waals surface area (Å²) >= 11 is 0. The molecule has 0 spiro atoms. The summed E-state index contributed by atoms with van der Waals surface area (Å²) in [5, 5.41) is 3.55. The fourth-order valence-electron chi connectivity index (χ4n) is 1.86. The molecule has 0 saturated carbocycles. The summed E-state index contributed by atoms with van der Waals surface area (Å²) < 4.78 is 35.7. The number of nitrogens with zero attached hydrogens (tertiary/aromatic N) is 1. The molecule has 0 fully saturated rings. The number of aryl methyl sites for hydroxylation is 1. The van der Waals surface area contributed by atoms with Crippen molar-refractivity contribution in [1.29, 1.82) is 0 Å². The summed E-state index contributed by atoms with van der Waals surface area (Å²) in [5.74, 6) is 0.169. The lowest BCUT2D eigenvalue weighted by Gasteiger charge is -2.14. The Hall–Kier alpha value is -2.11. The van der Waals surface area contributed by atoms with E-state index in [-0.39, 0.29) is 17.2 Å². The standard InChI is InChI=1S/C12H12F2N2O2/c1-6-3-4-7(11(13)14)10(17-2)9(6)8-5-16-18-12(8)15/h3-5,11H,15H2,1-2H3. The predicted molar refractivity (Wildman–Crippen MR) is 62.6 cm³/mol. The van der Waals surface area contributed by atoms with Crippen LogP contribution in [0.25, 0.3) is 11.1 Å². The summed E-state index contributed by atoms with van der Waals surface area (Å²) in [6.07, 6.45) is -1.24. The van der Waals surface area contributed by atoms with Crippen molar-refractivity contribution in [1.82, 2.24) is 5.16 Å². The van der Waals surface area contributed by atoms with Crippen LogP contribution in [-0.4, -0.2) is 12.3 Å². The first-order valence-electron chi connectivity index (χ1n) is 5.22. The maximum Gasteiger partial charge on any atom is 0.267 e. The first-order valence-corrected chi connectivity index (χ1v) is 5.22. The molecule has 0 aliphatic rings. The number of rotatable bonds is 3. The smallest absolute Gasteiger partial charge is 0.267 e. The molecule has 4 nitrogen and oxygen atoms in total. The molecule has 6 heteroatoms. The molecule has 1 aromatic heterocycles. The van der Waals surface area contributed by atoms with E-state index in [0.29, 0.717) is 11.1 Å². The van der Waals surface area contributed by atoms with Gasteiger partial charge >= 0.3 is 0 Å². The molecule has 0 bridgehead atoms. The van der Waals surface area contributed by atoms with Gasteiger partial charge in [-0.1, -0.05) is 11.2 Å². The lowest BCUT2D eigenvalue weighted by Crippen LogP contribution is -1.98. The largest absolute Gasteiger partial charge is 0.496 e. The average Bonchev–Trinajstić information content (AvgIpc) is 2.74. The minimum atomic E-state index is -2.62. The van der Waals surface area contributed by atoms with Crippen LogP contribution in [0.3, 0.4) is 0 Å². The van der Waals surface area contributed by atoms with E-state index >= 15 is 0 Å². The van der Waals surface area contributed by atoms with Gasteiger partial charge in [-0.25, -0.2) is 8.78 Å². The highest BCUT2D eigenvalue weighted by Crippen LogP contribution is 2.41. The molecule has 1 heterocycles. The maximum atomic E-state index is 12.9. The molecule has 2 aromatic rings. The molecule has 0 atom stereocenters. The summed E-state index contributed by atoms with van der Waals surface area (Å²) in [5.41, 5.74) is 7.12. The number of ether oxygens (including phenoxy) is 1. The number of aromatic nitrogens is 1. The number of hydrogen-bond acceptors (Lipinski definition) is 4. The van der Waals surface area contributed by atoms with Crippen LogP contribution in [0.15, 0.2) is 22.9 Å². The van der Waals surface area contributed by atoms with Gasteiger partial charge in [0.15, 0.2) is 0 Å². The van der Waals surface area contributed by atoms with Gasteiger partial charge in [0.25, 0.3) is 6.43 Å². The highest BCUT2D eigenvalue weighted by Gasteiger charge is 2.22. The minimum absolute atomic E-state index is 0.0721. The minimum Gasteiger partial charge on any atom is -0.496 e. The third-order valence-corrected chi connectivity index (χ3v) is 2.70. The van der Waals surface area contributed by atoms with Crippen molar-refractivity contribution in [3.63, 3.8) is 0 Å². The molecule has 18 heavy (non-hydrogen) atoms. The van der Waals surface area contributed by atoms with E-state index < -0.39 is 6.43 Å². The first kappa shape index (κ1) is 12.3. The third-order valence-electron chi connectivity index (χ3n) is 2.70. The van der Waals surface area contributed by atoms with Crippen LogP contribution in [0, 0.1) is 6.92 Å². The summed E-state index contributed by atoms with van der Waals surface area (Å²) in [7, 11) is 1.34. The lowest BCUT2D eigenvalue weighted by atomic mass is 9.98. The molecular weight excluding hydrogens is 242 g/mol. The second kappa shape index (κ2) is 4.64. The zero-order valence-electron chi connectivity index (χ0n) is 9.91. The summed E-state index contributed by atoms with van der Waals surface area (Å²) in [6.45, 7) is 1.78. The average molecular weight is 254 g/mol. The normalized spacial score (nSPS) is 10.9. The van der Waals surface area contributed by atoms with E-state index in [1.54, 1.807) is 13.0 Å². The van der Waals surface area contributed by atoms with Gasteiger partial charge < -0.3 is 15.0 Å². The Morgan fingerprint density at radius 2 is 2.11 bits per heavy atom. The molecule has 2 rings (SSSR count). The highest BCUT2D eigenvalue weighted by atomic mass is 19.3. The number of alkyl halides is 2. The highest BCUT2D eigenvalue weighted by molar-refractivity contribution is 5.81. The van der Waals surface area contributed by atoms with Gasteiger partial charge in [0, 0.05) is 5.56 Å². The molecular formula is C12H12F2N2O2. The third kappa shape index (κ3) is 1.90. The van der Waals surface area contributed by atoms with Crippen molar-refractivity contribution in [2.45, 2.75) is 13.3 Å². The van der Waals surface area contributed by atoms with Crippen molar-refractivity contribution in [3.8, 4) is 16.9 Å². The van der Waals surface area contributed by atoms with E-state index in [2.05, 4.69) is 5.16 Å². The van der Waals surface area contributed by atoms with Crippen LogP contribution < -0.4 is 10.5 Å². The summed E-state index contributed by atoms with van der Waals surface area (Å²) in [4.78, 5) is 0. The van der Waals surface area contributed by atoms with Crippen LogP contribution in [-0.2, 0) is 0 Å². The number of nitrogen functional groups attached to an aromatic ring is 1. The Morgan fingerprint density at radius 1 is 1.39 bits per heavy atom. The molecule has 2 N–H and O–H groups in total. The van der Waals surface area contributed by atoms with Gasteiger partial charge in [-0.2, -0.15) is 0 Å². The van der Waals surface area contributed by atoms with E-state index in [1.807, 2.05) is 0 Å². The van der Waals surface area contributed by atoms with Crippen molar-refractivity contribution < 1.29 is 18.0 Å². The van der Waals surface area contributed by atoms with Crippen LogP contribution in [0.1, 0.15) is 17.6 Å². The van der Waals surface area contributed by atoms with E-state index in [9.17, 15) is 8.78 Å². The zero-order valence-corrected chi connectivity index (χ0v) is 9.91. The van der Waals surface area contributed by atoms with Crippen molar-refractivity contribution in [2.75, 3.05) is 12.8 Å². The van der Waals surface area contributed by atoms with Gasteiger partial charge in [0.05, 0.1) is 24.4 Å². The van der Waals surface area contributed by atoms with E-state index in [1.165, 1.54) is 19.4 Å². The monoisotopic (exact) mass is 254 g/mol. The van der Waals surface area contributed by atoms with Gasteiger partial charge in [-0.15, -0.1) is 0 Å². The number of halogens is 2. The molecule has 0 unspecified atom stereocenters. The van der Waals surface area contributed by atoms with Crippen LogP contribution in [0.2, 0.25) is 0 Å². The van der Waals surface area contributed by atoms with Gasteiger partial charge in [-0.3, -0.25) is 0 Å². The fourth-order valence-corrected chi connectivity index (χ4v) is 1.86. The Labute approximate surface area is 102 Å². The van der Waals surface area contributed by atoms with Crippen molar-refractivity contribution >= 4 is 5.88 Å². The van der Waals surface area contributed by atoms with E-state index in [4.69, 9.17) is 15.0 Å². The van der Waals surface area contributed by atoms with Gasteiger partial charge in [0.2, 0.25) is 5.88 Å². The number of hydrogen-bond donors (Lipinski definition) is 1. The zero-order chi connectivity index (χ0) is 13.3. The fraction of sp³-hybridized carbons (Fsp3) is 0.250. The Kier molecular flexibility index (Phi) is 3.18. The topological polar surface area (TPSA) is 61.3 Å². The molecule has 96 valence electrons. The Morgan fingerprint density at radius 3 is 2.61 bits per heavy atom. The SMILES string of the molecule is COc1c(C(F)F)ccc(C)c1-c1cnoc1N. The maximum absolute atomic E-state index is 12.9. The molecule has 0 aliphatic carbocycles. The van der Waals surface area contributed by atoms with Crippen LogP contribution in [0.4, 0.5) is 14.7 Å². The molecule has 0 aliphatic heterocycles. The second-order valence-electron chi connectivity index (χ2n) is 3.78. The van der Waals surface area contributed by atoms with E-state index in [0.717, 1.165) is 5.56 Å². The van der Waals surface area contributed by atoms with Crippen molar-refractivity contribution in [2.24, 2.45) is 0 Å². The number of nitrogens with two attached hydrogens (primary N) is 1. The molecule has 1 aromatic carbocycles. The molecule has 0 radical (unpaired) electrons. The predicted octanol–water partition coefficient (Wildman–Crippen LogP) is 3.18. The van der Waals surface area contributed by atoms with Gasteiger partial charge in [0.1, 0.15) is 5.75 Å². The number of benzene rings is 1. The lowest BCUT2D eigenvalue weighted by molar-refractivity contribution is 0.147. The number of anilines is 1. The first-order chi connectivity index (χ1) is 8.56. The quantitative estimate of drug-likeness (QED) is 0.913. The summed E-state index contributed by atoms with van der Waals surface area (Å²) in [6, 6.07) is 2.93. The molecule has 0 saturated heterocycles. The Bertz CT molecular complexity index is 567. The number of methoxy groups -OCH3 is 1. The molecule has 0 amide bonds. The van der Waals surface area contributed by atoms with Crippen LogP contribution in [0.5, 0.6) is 5.75 Å².